The van der Waals surface area contributed by atoms with Crippen LogP contribution in [0.25, 0.3) is 0 Å². The lowest BCUT2D eigenvalue weighted by atomic mass is 9.95. The highest BCUT2D eigenvalue weighted by atomic mass is 32.1. The van der Waals surface area contributed by atoms with E-state index in [0.717, 1.165) is 11.5 Å². The second-order valence-corrected chi connectivity index (χ2v) is 8.34. The lowest BCUT2D eigenvalue weighted by Gasteiger charge is -2.21. The van der Waals surface area contributed by atoms with E-state index in [1.54, 1.807) is 33.8 Å². The molecule has 0 radical (unpaired) electrons. The minimum Gasteiger partial charge on any atom is -0.344 e. The highest BCUT2D eigenvalue weighted by molar-refractivity contribution is 7.71. The van der Waals surface area contributed by atoms with Gasteiger partial charge in [-0.2, -0.15) is 5.10 Å². The lowest BCUT2D eigenvalue weighted by molar-refractivity contribution is -0.131. The van der Waals surface area contributed by atoms with Crippen molar-refractivity contribution in [1.82, 2.24) is 25.1 Å². The molecular weight excluding hydrogens is 384 g/mol. The Morgan fingerprint density at radius 3 is 2.81 bits per heavy atom. The van der Waals surface area contributed by atoms with Crippen LogP contribution in [0.4, 0.5) is 5.13 Å². The fourth-order valence-electron chi connectivity index (χ4n) is 2.10. The number of rotatable bonds is 7. The molecular formula is C17H24N6O2S2. The van der Waals surface area contributed by atoms with Crippen molar-refractivity contribution in [3.8, 4) is 0 Å². The van der Waals surface area contributed by atoms with E-state index < -0.39 is 11.5 Å². The Balaban J connectivity index is 2.00. The van der Waals surface area contributed by atoms with Crippen LogP contribution in [0.5, 0.6) is 0 Å². The molecule has 0 aliphatic heterocycles. The summed E-state index contributed by atoms with van der Waals surface area (Å²) in [5.41, 5.74) is 0.206. The number of anilines is 1. The summed E-state index contributed by atoms with van der Waals surface area (Å²) in [6, 6.07) is -0.659. The SMILES string of the molecule is C=CCn1c(Cc2csc(NC(=O)[C@H](C)NC(=O)C(C)(C)C)n2)n[nH]c1=S. The van der Waals surface area contributed by atoms with Crippen molar-refractivity contribution in [2.75, 3.05) is 5.32 Å². The van der Waals surface area contributed by atoms with Crippen LogP contribution < -0.4 is 10.6 Å². The molecule has 0 saturated heterocycles. The molecule has 0 saturated carbocycles. The van der Waals surface area contributed by atoms with Crippen molar-refractivity contribution in [3.63, 3.8) is 0 Å². The highest BCUT2D eigenvalue weighted by Crippen LogP contribution is 2.18. The van der Waals surface area contributed by atoms with Gasteiger partial charge >= 0.3 is 0 Å². The van der Waals surface area contributed by atoms with Gasteiger partial charge in [-0.15, -0.1) is 17.9 Å². The molecule has 0 unspecified atom stereocenters. The van der Waals surface area contributed by atoms with Gasteiger partial charge in [0.05, 0.1) is 12.1 Å². The fourth-order valence-corrected chi connectivity index (χ4v) is 3.04. The van der Waals surface area contributed by atoms with Gasteiger partial charge in [0.15, 0.2) is 9.90 Å². The summed E-state index contributed by atoms with van der Waals surface area (Å²) < 4.78 is 2.36. The second-order valence-electron chi connectivity index (χ2n) is 7.10. The summed E-state index contributed by atoms with van der Waals surface area (Å²) in [7, 11) is 0. The predicted molar refractivity (Wildman–Crippen MR) is 108 cm³/mol. The summed E-state index contributed by atoms with van der Waals surface area (Å²) in [6.07, 6.45) is 2.22. The third kappa shape index (κ3) is 5.57. The predicted octanol–water partition coefficient (Wildman–Crippen LogP) is 2.66. The van der Waals surface area contributed by atoms with Crippen molar-refractivity contribution < 1.29 is 9.59 Å². The molecule has 8 nitrogen and oxygen atoms in total. The van der Waals surface area contributed by atoms with E-state index in [4.69, 9.17) is 12.2 Å². The molecule has 0 bridgehead atoms. The van der Waals surface area contributed by atoms with Gasteiger partial charge in [-0.25, -0.2) is 4.98 Å². The molecule has 2 heterocycles. The van der Waals surface area contributed by atoms with Crippen molar-refractivity contribution in [2.24, 2.45) is 5.41 Å². The number of nitrogens with zero attached hydrogens (tertiary/aromatic N) is 3. The number of hydrogen-bond donors (Lipinski definition) is 3. The first kappa shape index (κ1) is 21.0. The minimum absolute atomic E-state index is 0.185. The number of amides is 2. The Morgan fingerprint density at radius 2 is 2.19 bits per heavy atom. The standard InChI is InChI=1S/C17H24N6O2S2/c1-6-7-23-12(21-22-16(23)26)8-11-9-27-15(19-11)20-13(24)10(2)18-14(25)17(3,4)5/h6,9-10H,1,7-8H2,2-5H3,(H,18,25)(H,22,26)(H,19,20,24)/t10-/m0/s1. The van der Waals surface area contributed by atoms with Crippen LogP contribution in [0.15, 0.2) is 18.0 Å². The molecule has 3 N–H and O–H groups in total. The third-order valence-electron chi connectivity index (χ3n) is 3.69. The average Bonchev–Trinajstić information content (AvgIpc) is 3.15. The van der Waals surface area contributed by atoms with E-state index in [-0.39, 0.29) is 11.8 Å². The molecule has 2 aromatic rings. The molecule has 2 aromatic heterocycles. The Morgan fingerprint density at radius 1 is 1.48 bits per heavy atom. The third-order valence-corrected chi connectivity index (χ3v) is 4.81. The molecule has 27 heavy (non-hydrogen) atoms. The highest BCUT2D eigenvalue weighted by Gasteiger charge is 2.25. The number of aromatic nitrogens is 4. The van der Waals surface area contributed by atoms with Crippen LogP contribution in [0.1, 0.15) is 39.2 Å². The monoisotopic (exact) mass is 408 g/mol. The molecule has 0 spiro atoms. The summed E-state index contributed by atoms with van der Waals surface area (Å²) >= 11 is 6.51. The van der Waals surface area contributed by atoms with E-state index in [1.807, 2.05) is 9.95 Å². The average molecular weight is 409 g/mol. The van der Waals surface area contributed by atoms with Gasteiger partial charge in [0.2, 0.25) is 11.8 Å². The first-order valence-corrected chi connectivity index (χ1v) is 9.71. The Labute approximate surface area is 167 Å². The van der Waals surface area contributed by atoms with Crippen molar-refractivity contribution in [3.05, 3.63) is 34.3 Å². The maximum atomic E-state index is 12.3. The molecule has 10 heteroatoms. The Bertz CT molecular complexity index is 890. The van der Waals surface area contributed by atoms with Crippen LogP contribution >= 0.6 is 23.6 Å². The largest absolute Gasteiger partial charge is 0.344 e. The smallest absolute Gasteiger partial charge is 0.248 e. The number of thiazole rings is 1. The van der Waals surface area contributed by atoms with E-state index in [2.05, 4.69) is 32.4 Å². The van der Waals surface area contributed by atoms with Gasteiger partial charge in [0.25, 0.3) is 0 Å². The topological polar surface area (TPSA) is 105 Å². The molecule has 0 fully saturated rings. The van der Waals surface area contributed by atoms with Crippen LogP contribution in [0, 0.1) is 10.2 Å². The number of carbonyl (C=O) groups is 2. The van der Waals surface area contributed by atoms with Gasteiger partial charge in [-0.3, -0.25) is 19.3 Å². The van der Waals surface area contributed by atoms with Gasteiger partial charge in [0, 0.05) is 17.3 Å². The Kier molecular flexibility index (Phi) is 6.66. The molecule has 146 valence electrons. The number of hydrogen-bond acceptors (Lipinski definition) is 6. The number of H-pyrrole nitrogens is 1. The summed E-state index contributed by atoms with van der Waals surface area (Å²) in [4.78, 5) is 28.7. The zero-order chi connectivity index (χ0) is 20.2. The maximum Gasteiger partial charge on any atom is 0.248 e. The maximum absolute atomic E-state index is 12.3. The summed E-state index contributed by atoms with van der Waals surface area (Å²) in [5.74, 6) is 0.242. The molecule has 2 rings (SSSR count). The zero-order valence-electron chi connectivity index (χ0n) is 15.8. The van der Waals surface area contributed by atoms with Crippen LogP contribution in [-0.4, -0.2) is 37.6 Å². The van der Waals surface area contributed by atoms with E-state index >= 15 is 0 Å². The lowest BCUT2D eigenvalue weighted by Crippen LogP contribution is -2.46. The van der Waals surface area contributed by atoms with E-state index in [1.165, 1.54) is 11.3 Å². The van der Waals surface area contributed by atoms with Crippen LogP contribution in [0.3, 0.4) is 0 Å². The molecule has 1 atom stereocenters. The fraction of sp³-hybridized carbons (Fsp3) is 0.471. The quantitative estimate of drug-likeness (QED) is 0.483. The van der Waals surface area contributed by atoms with Crippen molar-refractivity contribution in [1.29, 1.82) is 0 Å². The first-order chi connectivity index (χ1) is 12.6. The van der Waals surface area contributed by atoms with Gasteiger partial charge < -0.3 is 10.6 Å². The van der Waals surface area contributed by atoms with E-state index in [9.17, 15) is 9.59 Å². The van der Waals surface area contributed by atoms with Crippen LogP contribution in [0.2, 0.25) is 0 Å². The normalized spacial score (nSPS) is 12.4. The Hall–Kier alpha value is -2.33. The minimum atomic E-state index is -0.659. The molecule has 2 amide bonds. The second kappa shape index (κ2) is 8.57. The number of aromatic amines is 1. The van der Waals surface area contributed by atoms with Gasteiger partial charge in [0.1, 0.15) is 11.9 Å². The summed E-state index contributed by atoms with van der Waals surface area (Å²) in [5, 5.41) is 14.7. The molecule has 0 aromatic carbocycles. The number of carbonyl (C=O) groups excluding carboxylic acids is 2. The van der Waals surface area contributed by atoms with Gasteiger partial charge in [-0.1, -0.05) is 26.8 Å². The van der Waals surface area contributed by atoms with Crippen molar-refractivity contribution in [2.45, 2.75) is 46.7 Å². The zero-order valence-corrected chi connectivity index (χ0v) is 17.5. The van der Waals surface area contributed by atoms with Crippen LogP contribution in [-0.2, 0) is 22.6 Å². The van der Waals surface area contributed by atoms with Crippen molar-refractivity contribution >= 4 is 40.5 Å². The first-order valence-electron chi connectivity index (χ1n) is 8.43. The summed E-state index contributed by atoms with van der Waals surface area (Å²) in [6.45, 7) is 11.3. The molecule has 0 aliphatic rings. The number of nitrogens with one attached hydrogen (secondary N) is 3. The van der Waals surface area contributed by atoms with E-state index in [0.29, 0.717) is 22.9 Å². The number of allylic oxidation sites excluding steroid dienone is 1. The molecule has 0 aliphatic carbocycles. The van der Waals surface area contributed by atoms with Gasteiger partial charge in [-0.05, 0) is 19.1 Å².